The Labute approximate surface area is 175 Å². The second-order valence-corrected chi connectivity index (χ2v) is 7.30. The molecular formula is C22H25N3O3S. The molecule has 0 fully saturated rings. The molecule has 3 aromatic rings. The van der Waals surface area contributed by atoms with Gasteiger partial charge in [0, 0.05) is 23.2 Å². The van der Waals surface area contributed by atoms with Crippen molar-refractivity contribution in [1.82, 2.24) is 9.88 Å². The molecule has 0 radical (unpaired) electrons. The van der Waals surface area contributed by atoms with Gasteiger partial charge in [-0.25, -0.2) is 0 Å². The van der Waals surface area contributed by atoms with E-state index in [0.29, 0.717) is 23.8 Å². The van der Waals surface area contributed by atoms with E-state index in [-0.39, 0.29) is 12.2 Å². The van der Waals surface area contributed by atoms with Crippen LogP contribution in [0.1, 0.15) is 16.7 Å². The number of aromatic nitrogens is 1. The highest BCUT2D eigenvalue weighted by Crippen LogP contribution is 2.20. The number of benzene rings is 2. The fraction of sp³-hybridized carbons (Fsp3) is 0.273. The number of thiocarbonyl (C=S) groups is 1. The highest BCUT2D eigenvalue weighted by Gasteiger charge is 2.14. The fourth-order valence-corrected chi connectivity index (χ4v) is 3.46. The van der Waals surface area contributed by atoms with Crippen LogP contribution in [0.15, 0.2) is 47.3 Å². The van der Waals surface area contributed by atoms with Crippen molar-refractivity contribution in [3.05, 3.63) is 69.5 Å². The van der Waals surface area contributed by atoms with E-state index in [4.69, 9.17) is 17.0 Å². The number of methoxy groups -OCH3 is 1. The number of aliphatic hydroxyl groups is 1. The predicted octanol–water partition coefficient (Wildman–Crippen LogP) is 3.34. The average Bonchev–Trinajstić information content (AvgIpc) is 2.72. The summed E-state index contributed by atoms with van der Waals surface area (Å²) in [5.74, 6) is 0.752. The van der Waals surface area contributed by atoms with E-state index in [1.165, 1.54) is 0 Å². The standard InChI is InChI=1S/C22H25N3O3S/c1-14-4-5-15(2)20-19(14)12-16(21(27)24-20)13-25(10-11-26)22(29)23-17-6-8-18(28-3)9-7-17/h4-9,12,26H,10-11,13H2,1-3H3,(H,23,29)(H,24,27). The molecule has 0 bridgehead atoms. The largest absolute Gasteiger partial charge is 0.497 e. The van der Waals surface area contributed by atoms with Crippen LogP contribution in [0.5, 0.6) is 5.75 Å². The van der Waals surface area contributed by atoms with Gasteiger partial charge in [-0.1, -0.05) is 12.1 Å². The number of hydrogen-bond acceptors (Lipinski definition) is 4. The van der Waals surface area contributed by atoms with Crippen molar-refractivity contribution < 1.29 is 9.84 Å². The van der Waals surface area contributed by atoms with Gasteiger partial charge in [-0.05, 0) is 67.5 Å². The van der Waals surface area contributed by atoms with Crippen molar-refractivity contribution in [1.29, 1.82) is 0 Å². The van der Waals surface area contributed by atoms with E-state index in [9.17, 15) is 9.90 Å². The number of ether oxygens (including phenoxy) is 1. The Morgan fingerprint density at radius 2 is 1.86 bits per heavy atom. The maximum absolute atomic E-state index is 12.7. The molecule has 0 spiro atoms. The molecule has 1 heterocycles. The van der Waals surface area contributed by atoms with Crippen LogP contribution in [0.4, 0.5) is 5.69 Å². The first-order valence-electron chi connectivity index (χ1n) is 9.36. The highest BCUT2D eigenvalue weighted by atomic mass is 32.1. The minimum Gasteiger partial charge on any atom is -0.497 e. The Hall–Kier alpha value is -2.90. The summed E-state index contributed by atoms with van der Waals surface area (Å²) in [6.45, 7) is 4.52. The van der Waals surface area contributed by atoms with Gasteiger partial charge < -0.3 is 25.0 Å². The Morgan fingerprint density at radius 1 is 1.17 bits per heavy atom. The number of aromatic amines is 1. The zero-order chi connectivity index (χ0) is 21.0. The van der Waals surface area contributed by atoms with Crippen molar-refractivity contribution in [2.45, 2.75) is 20.4 Å². The molecule has 2 aromatic carbocycles. The summed E-state index contributed by atoms with van der Waals surface area (Å²) >= 11 is 5.53. The topological polar surface area (TPSA) is 77.6 Å². The van der Waals surface area contributed by atoms with Crippen LogP contribution < -0.4 is 15.6 Å². The van der Waals surface area contributed by atoms with Crippen molar-refractivity contribution in [2.75, 3.05) is 25.6 Å². The van der Waals surface area contributed by atoms with Gasteiger partial charge in [0.15, 0.2) is 5.11 Å². The number of aliphatic hydroxyl groups excluding tert-OH is 1. The number of H-pyrrole nitrogens is 1. The molecular weight excluding hydrogens is 386 g/mol. The van der Waals surface area contributed by atoms with Crippen molar-refractivity contribution >= 4 is 33.9 Å². The number of pyridine rings is 1. The minimum absolute atomic E-state index is 0.0753. The highest BCUT2D eigenvalue weighted by molar-refractivity contribution is 7.80. The molecule has 152 valence electrons. The van der Waals surface area contributed by atoms with Gasteiger partial charge in [-0.3, -0.25) is 4.79 Å². The molecule has 3 N–H and O–H groups in total. The van der Waals surface area contributed by atoms with Crippen LogP contribution >= 0.6 is 12.2 Å². The molecule has 0 aliphatic heterocycles. The number of nitrogens with one attached hydrogen (secondary N) is 2. The maximum Gasteiger partial charge on any atom is 0.253 e. The van der Waals surface area contributed by atoms with E-state index in [0.717, 1.165) is 33.5 Å². The van der Waals surface area contributed by atoms with Gasteiger partial charge in [-0.2, -0.15) is 0 Å². The fourth-order valence-electron chi connectivity index (χ4n) is 3.19. The van der Waals surface area contributed by atoms with E-state index in [1.54, 1.807) is 12.0 Å². The normalized spacial score (nSPS) is 10.8. The summed E-state index contributed by atoms with van der Waals surface area (Å²) in [6.07, 6.45) is 0. The summed E-state index contributed by atoms with van der Waals surface area (Å²) in [5, 5.41) is 14.1. The number of rotatable bonds is 6. The lowest BCUT2D eigenvalue weighted by Gasteiger charge is -2.25. The molecule has 0 saturated heterocycles. The first kappa shape index (κ1) is 20.8. The molecule has 29 heavy (non-hydrogen) atoms. The lowest BCUT2D eigenvalue weighted by atomic mass is 10.0. The number of fused-ring (bicyclic) bond motifs is 1. The third-order valence-electron chi connectivity index (χ3n) is 4.88. The number of nitrogens with zero attached hydrogens (tertiary/aromatic N) is 1. The molecule has 0 aliphatic carbocycles. The Morgan fingerprint density at radius 3 is 2.52 bits per heavy atom. The number of aryl methyl sites for hydroxylation is 2. The van der Waals surface area contributed by atoms with E-state index < -0.39 is 0 Å². The average molecular weight is 412 g/mol. The summed E-state index contributed by atoms with van der Waals surface area (Å²) in [5.41, 5.74) is 4.22. The lowest BCUT2D eigenvalue weighted by Crippen LogP contribution is -2.37. The zero-order valence-electron chi connectivity index (χ0n) is 16.8. The smallest absolute Gasteiger partial charge is 0.253 e. The Kier molecular flexibility index (Phi) is 6.51. The van der Waals surface area contributed by atoms with Gasteiger partial charge in [0.2, 0.25) is 0 Å². The first-order chi connectivity index (χ1) is 13.9. The third-order valence-corrected chi connectivity index (χ3v) is 5.24. The number of anilines is 1. The Bertz CT molecular complexity index is 1080. The summed E-state index contributed by atoms with van der Waals surface area (Å²) in [6, 6.07) is 13.3. The summed E-state index contributed by atoms with van der Waals surface area (Å²) < 4.78 is 5.16. The van der Waals surface area contributed by atoms with Crippen molar-refractivity contribution in [2.24, 2.45) is 0 Å². The second-order valence-electron chi connectivity index (χ2n) is 6.92. The second kappa shape index (κ2) is 9.07. The van der Waals surface area contributed by atoms with Crippen LogP contribution in [0.3, 0.4) is 0 Å². The number of hydrogen-bond donors (Lipinski definition) is 3. The van der Waals surface area contributed by atoms with Gasteiger partial charge in [0.1, 0.15) is 5.75 Å². The molecule has 0 saturated carbocycles. The van der Waals surface area contributed by atoms with E-state index >= 15 is 0 Å². The quantitative estimate of drug-likeness (QED) is 0.540. The SMILES string of the molecule is COc1ccc(NC(=S)N(CCO)Cc2cc3c(C)ccc(C)c3[nH]c2=O)cc1. The molecule has 6 nitrogen and oxygen atoms in total. The lowest BCUT2D eigenvalue weighted by molar-refractivity contribution is 0.248. The zero-order valence-corrected chi connectivity index (χ0v) is 17.6. The summed E-state index contributed by atoms with van der Waals surface area (Å²) in [7, 11) is 1.61. The van der Waals surface area contributed by atoms with Crippen molar-refractivity contribution in [3.8, 4) is 5.75 Å². The Balaban J connectivity index is 1.86. The minimum atomic E-state index is -0.151. The van der Waals surface area contributed by atoms with Crippen LogP contribution in [0, 0.1) is 13.8 Å². The van der Waals surface area contributed by atoms with E-state index in [1.807, 2.05) is 56.3 Å². The summed E-state index contributed by atoms with van der Waals surface area (Å²) in [4.78, 5) is 17.4. The third kappa shape index (κ3) is 4.75. The molecule has 0 unspecified atom stereocenters. The van der Waals surface area contributed by atoms with Gasteiger partial charge in [0.25, 0.3) is 5.56 Å². The molecule has 1 aromatic heterocycles. The molecule has 0 aliphatic rings. The molecule has 7 heteroatoms. The monoisotopic (exact) mass is 411 g/mol. The van der Waals surface area contributed by atoms with Crippen LogP contribution in [-0.2, 0) is 6.54 Å². The van der Waals surface area contributed by atoms with Gasteiger partial charge >= 0.3 is 0 Å². The van der Waals surface area contributed by atoms with E-state index in [2.05, 4.69) is 10.3 Å². The van der Waals surface area contributed by atoms with Gasteiger partial charge in [0.05, 0.1) is 25.8 Å². The maximum atomic E-state index is 12.7. The van der Waals surface area contributed by atoms with Crippen LogP contribution in [-0.4, -0.2) is 40.4 Å². The first-order valence-corrected chi connectivity index (χ1v) is 9.76. The molecule has 0 atom stereocenters. The van der Waals surface area contributed by atoms with Gasteiger partial charge in [-0.15, -0.1) is 0 Å². The van der Waals surface area contributed by atoms with Crippen molar-refractivity contribution in [3.63, 3.8) is 0 Å². The van der Waals surface area contributed by atoms with Crippen LogP contribution in [0.2, 0.25) is 0 Å². The molecule has 3 rings (SSSR count). The predicted molar refractivity (Wildman–Crippen MR) is 121 cm³/mol. The molecule has 0 amide bonds. The van der Waals surface area contributed by atoms with Crippen LogP contribution in [0.25, 0.3) is 10.9 Å².